The second-order valence-electron chi connectivity index (χ2n) is 10.3. The molecule has 8 nitrogen and oxygen atoms in total. The number of hydrogen-bond acceptors (Lipinski definition) is 5. The van der Waals surface area contributed by atoms with E-state index in [0.717, 1.165) is 55.7 Å². The van der Waals surface area contributed by atoms with Crippen molar-refractivity contribution in [3.63, 3.8) is 0 Å². The van der Waals surface area contributed by atoms with Gasteiger partial charge in [0.05, 0.1) is 30.7 Å². The maximum atomic E-state index is 13.8. The van der Waals surface area contributed by atoms with Gasteiger partial charge in [0.25, 0.3) is 5.91 Å². The number of hydrazone groups is 1. The lowest BCUT2D eigenvalue weighted by molar-refractivity contribution is -0.144. The fraction of sp³-hybridized carbons (Fsp3) is 0.536. The largest absolute Gasteiger partial charge is 0.379 e. The van der Waals surface area contributed by atoms with E-state index in [4.69, 9.17) is 9.84 Å². The summed E-state index contributed by atoms with van der Waals surface area (Å²) in [4.78, 5) is 31.3. The first-order valence-electron chi connectivity index (χ1n) is 13.3. The molecule has 0 N–H and O–H groups in total. The number of hydrogen-bond donors (Lipinski definition) is 0. The number of halogens is 1. The van der Waals surface area contributed by atoms with E-state index in [2.05, 4.69) is 4.90 Å². The molecule has 2 aromatic rings. The molecule has 37 heavy (non-hydrogen) atoms. The Hall–Kier alpha value is -3.04. The molecule has 9 heteroatoms. The molecule has 0 radical (unpaired) electrons. The highest BCUT2D eigenvalue weighted by Crippen LogP contribution is 2.33. The molecule has 1 aliphatic carbocycles. The molecular weight excluding hydrogens is 473 g/mol. The first kappa shape index (κ1) is 25.6. The van der Waals surface area contributed by atoms with E-state index in [1.165, 1.54) is 17.1 Å². The van der Waals surface area contributed by atoms with Gasteiger partial charge in [-0.25, -0.2) is 9.40 Å². The molecule has 1 atom stereocenters. The summed E-state index contributed by atoms with van der Waals surface area (Å²) < 4.78 is 21.1. The van der Waals surface area contributed by atoms with Crippen LogP contribution in [0.1, 0.15) is 49.4 Å². The second-order valence-corrected chi connectivity index (χ2v) is 10.3. The second kappa shape index (κ2) is 11.6. The summed E-state index contributed by atoms with van der Waals surface area (Å²) in [7, 11) is 1.95. The van der Waals surface area contributed by atoms with Gasteiger partial charge in [-0.3, -0.25) is 14.5 Å². The zero-order valence-electron chi connectivity index (χ0n) is 21.5. The van der Waals surface area contributed by atoms with Crippen LogP contribution < -0.4 is 0 Å². The molecule has 3 heterocycles. The summed E-state index contributed by atoms with van der Waals surface area (Å²) in [6, 6.07) is 9.83. The molecule has 2 fully saturated rings. The number of ether oxygens (including phenoxy) is 1. The Morgan fingerprint density at radius 3 is 2.51 bits per heavy atom. The minimum absolute atomic E-state index is 0.00797. The van der Waals surface area contributed by atoms with Crippen LogP contribution >= 0.6 is 0 Å². The van der Waals surface area contributed by atoms with Crippen LogP contribution in [0.5, 0.6) is 0 Å². The standard InChI is InChI=1S/C28H36FN5O3/c1-31-12-4-7-25(31)24-19-26(21-8-10-23(29)11-9-21)34(30-24)27(35)20-33(28(36)22-5-2-3-6-22)14-13-32-15-17-37-18-16-32/h4,7-12,22,26H,2-3,5-6,13-20H2,1H3/t26-/m1/s1. The van der Waals surface area contributed by atoms with Crippen LogP contribution in [-0.4, -0.2) is 82.8 Å². The minimum atomic E-state index is -0.347. The van der Waals surface area contributed by atoms with Crippen LogP contribution in [0.15, 0.2) is 47.7 Å². The number of aromatic nitrogens is 1. The fourth-order valence-electron chi connectivity index (χ4n) is 5.62. The third-order valence-corrected chi connectivity index (χ3v) is 7.79. The predicted molar refractivity (Wildman–Crippen MR) is 138 cm³/mol. The first-order valence-corrected chi connectivity index (χ1v) is 13.3. The van der Waals surface area contributed by atoms with Crippen LogP contribution in [0, 0.1) is 11.7 Å². The van der Waals surface area contributed by atoms with Crippen LogP contribution in [0.4, 0.5) is 4.39 Å². The number of nitrogens with zero attached hydrogens (tertiary/aromatic N) is 5. The molecule has 1 saturated heterocycles. The Kier molecular flexibility index (Phi) is 8.00. The van der Waals surface area contributed by atoms with Crippen molar-refractivity contribution in [2.75, 3.05) is 45.9 Å². The SMILES string of the molecule is Cn1cccc1C1=NN(C(=O)CN(CCN2CCOCC2)C(=O)C2CCCC2)[C@@H](c2ccc(F)cc2)C1. The number of benzene rings is 1. The molecule has 2 aliphatic heterocycles. The summed E-state index contributed by atoms with van der Waals surface area (Å²) >= 11 is 0. The van der Waals surface area contributed by atoms with Gasteiger partial charge in [0.2, 0.25) is 5.91 Å². The molecule has 198 valence electrons. The monoisotopic (exact) mass is 509 g/mol. The van der Waals surface area contributed by atoms with Gasteiger partial charge in [-0.2, -0.15) is 5.10 Å². The van der Waals surface area contributed by atoms with E-state index in [9.17, 15) is 14.0 Å². The van der Waals surface area contributed by atoms with E-state index >= 15 is 0 Å². The molecule has 1 aromatic heterocycles. The lowest BCUT2D eigenvalue weighted by Crippen LogP contribution is -2.47. The Morgan fingerprint density at radius 2 is 1.84 bits per heavy atom. The van der Waals surface area contributed by atoms with Crippen molar-refractivity contribution in [3.05, 3.63) is 59.7 Å². The van der Waals surface area contributed by atoms with Crippen LogP contribution in [0.2, 0.25) is 0 Å². The van der Waals surface area contributed by atoms with Gasteiger partial charge >= 0.3 is 0 Å². The lowest BCUT2D eigenvalue weighted by Gasteiger charge is -2.32. The number of amides is 2. The quantitative estimate of drug-likeness (QED) is 0.548. The summed E-state index contributed by atoms with van der Waals surface area (Å²) in [5.41, 5.74) is 2.57. The average molecular weight is 510 g/mol. The van der Waals surface area contributed by atoms with Crippen molar-refractivity contribution < 1.29 is 18.7 Å². The Morgan fingerprint density at radius 1 is 1.11 bits per heavy atom. The Bertz CT molecular complexity index is 1120. The van der Waals surface area contributed by atoms with E-state index in [-0.39, 0.29) is 36.1 Å². The maximum Gasteiger partial charge on any atom is 0.262 e. The summed E-state index contributed by atoms with van der Waals surface area (Å²) in [6.45, 7) is 4.27. The van der Waals surface area contributed by atoms with Crippen molar-refractivity contribution in [3.8, 4) is 0 Å². The molecular formula is C28H36FN5O3. The number of aryl methyl sites for hydroxylation is 1. The molecule has 2 amide bonds. The highest BCUT2D eigenvalue weighted by Gasteiger charge is 2.36. The van der Waals surface area contributed by atoms with Gasteiger partial charge in [0, 0.05) is 51.8 Å². The molecule has 1 aromatic carbocycles. The first-order chi connectivity index (χ1) is 18.0. The van der Waals surface area contributed by atoms with Crippen molar-refractivity contribution in [1.29, 1.82) is 0 Å². The predicted octanol–water partition coefficient (Wildman–Crippen LogP) is 3.19. The minimum Gasteiger partial charge on any atom is -0.379 e. The molecule has 0 unspecified atom stereocenters. The number of morpholine rings is 1. The van der Waals surface area contributed by atoms with E-state index in [1.807, 2.05) is 29.9 Å². The molecule has 3 aliphatic rings. The van der Waals surface area contributed by atoms with Gasteiger partial charge in [-0.15, -0.1) is 0 Å². The molecule has 5 rings (SSSR count). The van der Waals surface area contributed by atoms with Crippen molar-refractivity contribution in [2.45, 2.75) is 38.1 Å². The van der Waals surface area contributed by atoms with Gasteiger partial charge in [0.1, 0.15) is 12.4 Å². The number of rotatable bonds is 8. The lowest BCUT2D eigenvalue weighted by atomic mass is 10.0. The highest BCUT2D eigenvalue weighted by molar-refractivity contribution is 6.02. The summed E-state index contributed by atoms with van der Waals surface area (Å²) in [6.07, 6.45) is 6.37. The third-order valence-electron chi connectivity index (χ3n) is 7.79. The van der Waals surface area contributed by atoms with E-state index in [0.29, 0.717) is 32.7 Å². The normalized spacial score (nSPS) is 20.9. The zero-order chi connectivity index (χ0) is 25.8. The topological polar surface area (TPSA) is 70.4 Å². The van der Waals surface area contributed by atoms with E-state index in [1.54, 1.807) is 17.0 Å². The molecule has 0 spiro atoms. The van der Waals surface area contributed by atoms with E-state index < -0.39 is 0 Å². The molecule has 1 saturated carbocycles. The van der Waals surface area contributed by atoms with Gasteiger partial charge in [-0.1, -0.05) is 25.0 Å². The number of carbonyl (C=O) groups excluding carboxylic acids is 2. The third kappa shape index (κ3) is 5.93. The van der Waals surface area contributed by atoms with Crippen LogP contribution in [0.25, 0.3) is 0 Å². The van der Waals surface area contributed by atoms with Gasteiger partial charge in [0.15, 0.2) is 0 Å². The fourth-order valence-corrected chi connectivity index (χ4v) is 5.62. The zero-order valence-corrected chi connectivity index (χ0v) is 21.5. The number of carbonyl (C=O) groups is 2. The highest BCUT2D eigenvalue weighted by atomic mass is 19.1. The van der Waals surface area contributed by atoms with Crippen LogP contribution in [-0.2, 0) is 21.4 Å². The maximum absolute atomic E-state index is 13.8. The summed E-state index contributed by atoms with van der Waals surface area (Å²) in [5, 5.41) is 6.27. The van der Waals surface area contributed by atoms with Crippen molar-refractivity contribution in [2.24, 2.45) is 18.1 Å². The smallest absolute Gasteiger partial charge is 0.262 e. The summed E-state index contributed by atoms with van der Waals surface area (Å²) in [5.74, 6) is -0.471. The van der Waals surface area contributed by atoms with Crippen molar-refractivity contribution in [1.82, 2.24) is 19.4 Å². The van der Waals surface area contributed by atoms with Gasteiger partial charge < -0.3 is 14.2 Å². The van der Waals surface area contributed by atoms with Gasteiger partial charge in [-0.05, 0) is 42.7 Å². The Balaban J connectivity index is 1.37. The molecule has 0 bridgehead atoms. The Labute approximate surface area is 217 Å². The van der Waals surface area contributed by atoms with Crippen LogP contribution in [0.3, 0.4) is 0 Å². The van der Waals surface area contributed by atoms with Crippen molar-refractivity contribution >= 4 is 17.5 Å². The average Bonchev–Trinajstić information content (AvgIpc) is 3.68.